The van der Waals surface area contributed by atoms with Crippen LogP contribution in [0.3, 0.4) is 0 Å². The Morgan fingerprint density at radius 3 is 2.88 bits per heavy atom. The van der Waals surface area contributed by atoms with Crippen molar-refractivity contribution in [2.75, 3.05) is 6.61 Å². The van der Waals surface area contributed by atoms with Gasteiger partial charge in [0.15, 0.2) is 5.78 Å². The van der Waals surface area contributed by atoms with Crippen LogP contribution in [-0.2, 0) is 16.0 Å². The Balaban J connectivity index is 2.07. The molecule has 0 bridgehead atoms. The second kappa shape index (κ2) is 7.74. The second-order valence-corrected chi connectivity index (χ2v) is 5.71. The minimum Gasteiger partial charge on any atom is -0.462 e. The summed E-state index contributed by atoms with van der Waals surface area (Å²) in [5.74, 6) is -0.388. The lowest BCUT2D eigenvalue weighted by Crippen LogP contribution is -2.04. The van der Waals surface area contributed by atoms with Gasteiger partial charge in [0.1, 0.15) is 12.0 Å². The van der Waals surface area contributed by atoms with Gasteiger partial charge in [0, 0.05) is 18.2 Å². The molecule has 0 saturated heterocycles. The minimum absolute atomic E-state index is 0.0336. The summed E-state index contributed by atoms with van der Waals surface area (Å²) < 4.78 is 5.12. The van der Waals surface area contributed by atoms with Gasteiger partial charge in [-0.2, -0.15) is 0 Å². The van der Waals surface area contributed by atoms with Crippen molar-refractivity contribution in [1.29, 1.82) is 0 Å². The first-order valence-corrected chi connectivity index (χ1v) is 8.38. The molecule has 0 radical (unpaired) electrons. The Morgan fingerprint density at radius 2 is 2.12 bits per heavy atom. The number of allylic oxidation sites excluding steroid dienone is 2. The molecule has 0 atom stereocenters. The predicted octanol–water partition coefficient (Wildman–Crippen LogP) is 3.49. The number of nitrogens with one attached hydrogen (secondary N) is 1. The van der Waals surface area contributed by atoms with E-state index in [-0.39, 0.29) is 12.4 Å². The maximum Gasteiger partial charge on any atom is 0.340 e. The van der Waals surface area contributed by atoms with Crippen molar-refractivity contribution in [3.63, 3.8) is 0 Å². The van der Waals surface area contributed by atoms with Gasteiger partial charge in [-0.25, -0.2) is 14.8 Å². The number of aromatic nitrogens is 3. The van der Waals surface area contributed by atoms with Crippen LogP contribution in [0, 0.1) is 0 Å². The van der Waals surface area contributed by atoms with E-state index < -0.39 is 5.97 Å². The maximum absolute atomic E-state index is 12.2. The van der Waals surface area contributed by atoms with Crippen LogP contribution >= 0.6 is 0 Å². The molecule has 3 rings (SSSR count). The van der Waals surface area contributed by atoms with Gasteiger partial charge in [-0.15, -0.1) is 0 Å². The van der Waals surface area contributed by atoms with E-state index in [2.05, 4.69) is 15.0 Å². The van der Waals surface area contributed by atoms with Gasteiger partial charge in [0.2, 0.25) is 0 Å². The summed E-state index contributed by atoms with van der Waals surface area (Å²) in [6.45, 7) is 3.86. The molecule has 132 valence electrons. The molecule has 0 aliphatic carbocycles. The molecule has 0 aliphatic heterocycles. The van der Waals surface area contributed by atoms with Gasteiger partial charge in [-0.1, -0.05) is 24.3 Å². The molecule has 0 spiro atoms. The number of nitrogens with zero attached hydrogens (tertiary/aromatic N) is 2. The van der Waals surface area contributed by atoms with Crippen LogP contribution in [-0.4, -0.2) is 33.3 Å². The number of rotatable bonds is 6. The third kappa shape index (κ3) is 3.54. The number of carbonyl (C=O) groups excluding carboxylic acids is 2. The average molecular weight is 349 g/mol. The van der Waals surface area contributed by atoms with E-state index in [0.29, 0.717) is 28.7 Å². The molecule has 26 heavy (non-hydrogen) atoms. The molecule has 2 heterocycles. The number of aromatic amines is 1. The lowest BCUT2D eigenvalue weighted by Gasteiger charge is -2.07. The van der Waals surface area contributed by atoms with E-state index in [0.717, 1.165) is 11.1 Å². The SMILES string of the molecule is C/C=C\C(=O)Cc1cccc(-c2ncnc3[nH]cc(C(=O)OCC)c23)c1. The molecule has 6 heteroatoms. The number of carbonyl (C=O) groups is 2. The maximum atomic E-state index is 12.2. The monoisotopic (exact) mass is 349 g/mol. The molecule has 0 unspecified atom stereocenters. The molecule has 0 fully saturated rings. The number of esters is 1. The summed E-state index contributed by atoms with van der Waals surface area (Å²) in [7, 11) is 0. The fraction of sp³-hybridized carbons (Fsp3) is 0.200. The first-order valence-electron chi connectivity index (χ1n) is 8.38. The zero-order valence-electron chi connectivity index (χ0n) is 14.7. The lowest BCUT2D eigenvalue weighted by molar-refractivity contribution is -0.114. The van der Waals surface area contributed by atoms with Crippen LogP contribution in [0.2, 0.25) is 0 Å². The van der Waals surface area contributed by atoms with Gasteiger partial charge in [0.05, 0.1) is 23.3 Å². The highest BCUT2D eigenvalue weighted by molar-refractivity contribution is 6.08. The van der Waals surface area contributed by atoms with E-state index in [1.54, 1.807) is 25.3 Å². The summed E-state index contributed by atoms with van der Waals surface area (Å²) >= 11 is 0. The Labute approximate surface area is 150 Å². The van der Waals surface area contributed by atoms with Crippen LogP contribution in [0.15, 0.2) is 48.9 Å². The number of H-pyrrole nitrogens is 1. The van der Waals surface area contributed by atoms with E-state index in [4.69, 9.17) is 4.74 Å². The lowest BCUT2D eigenvalue weighted by atomic mass is 10.0. The van der Waals surface area contributed by atoms with Crippen molar-refractivity contribution in [3.05, 3.63) is 60.1 Å². The van der Waals surface area contributed by atoms with Crippen molar-refractivity contribution in [1.82, 2.24) is 15.0 Å². The molecule has 6 nitrogen and oxygen atoms in total. The Kier molecular flexibility index (Phi) is 5.22. The van der Waals surface area contributed by atoms with E-state index in [1.165, 1.54) is 6.33 Å². The van der Waals surface area contributed by atoms with Crippen LogP contribution < -0.4 is 0 Å². The van der Waals surface area contributed by atoms with E-state index in [9.17, 15) is 9.59 Å². The fourth-order valence-electron chi connectivity index (χ4n) is 2.83. The fourth-order valence-corrected chi connectivity index (χ4v) is 2.83. The topological polar surface area (TPSA) is 84.9 Å². The van der Waals surface area contributed by atoms with Gasteiger partial charge in [0.25, 0.3) is 0 Å². The van der Waals surface area contributed by atoms with Crippen molar-refractivity contribution in [3.8, 4) is 11.3 Å². The minimum atomic E-state index is -0.422. The normalized spacial score (nSPS) is 11.2. The third-order valence-electron chi connectivity index (χ3n) is 3.90. The quantitative estimate of drug-likeness (QED) is 0.544. The number of hydrogen-bond acceptors (Lipinski definition) is 5. The highest BCUT2D eigenvalue weighted by Gasteiger charge is 2.19. The van der Waals surface area contributed by atoms with Crippen molar-refractivity contribution < 1.29 is 14.3 Å². The molecular formula is C20H19N3O3. The predicted molar refractivity (Wildman–Crippen MR) is 98.8 cm³/mol. The standard InChI is InChI=1S/C20H19N3O3/c1-3-6-15(24)10-13-7-5-8-14(9-13)18-17-16(20(25)26-4-2)11-21-19(17)23-12-22-18/h3,5-9,11-12H,4,10H2,1-2H3,(H,21,22,23)/b6-3-. The first-order chi connectivity index (χ1) is 12.6. The van der Waals surface area contributed by atoms with Crippen molar-refractivity contribution >= 4 is 22.8 Å². The molecule has 1 aromatic carbocycles. The summed E-state index contributed by atoms with van der Waals surface area (Å²) in [5.41, 5.74) is 3.28. The summed E-state index contributed by atoms with van der Waals surface area (Å²) in [6.07, 6.45) is 6.62. The summed E-state index contributed by atoms with van der Waals surface area (Å²) in [4.78, 5) is 35.7. The zero-order valence-corrected chi connectivity index (χ0v) is 14.7. The van der Waals surface area contributed by atoms with Crippen LogP contribution in [0.1, 0.15) is 29.8 Å². The van der Waals surface area contributed by atoms with Crippen molar-refractivity contribution in [2.45, 2.75) is 20.3 Å². The molecule has 2 aromatic heterocycles. The smallest absolute Gasteiger partial charge is 0.340 e. The molecule has 0 saturated carbocycles. The highest BCUT2D eigenvalue weighted by atomic mass is 16.5. The number of fused-ring (bicyclic) bond motifs is 1. The Morgan fingerprint density at radius 1 is 1.27 bits per heavy atom. The molecule has 0 amide bonds. The van der Waals surface area contributed by atoms with E-state index in [1.807, 2.05) is 31.2 Å². The second-order valence-electron chi connectivity index (χ2n) is 5.71. The third-order valence-corrected chi connectivity index (χ3v) is 3.90. The summed E-state index contributed by atoms with van der Waals surface area (Å²) in [5, 5.41) is 0.614. The number of hydrogen-bond donors (Lipinski definition) is 1. The van der Waals surface area contributed by atoms with Crippen LogP contribution in [0.25, 0.3) is 22.3 Å². The van der Waals surface area contributed by atoms with Gasteiger partial charge in [-0.3, -0.25) is 4.79 Å². The Bertz CT molecular complexity index is 989. The van der Waals surface area contributed by atoms with Crippen LogP contribution in [0.4, 0.5) is 0 Å². The number of ether oxygens (including phenoxy) is 1. The van der Waals surface area contributed by atoms with Gasteiger partial charge in [-0.05, 0) is 31.6 Å². The van der Waals surface area contributed by atoms with Crippen LogP contribution in [0.5, 0.6) is 0 Å². The number of benzene rings is 1. The molecule has 3 aromatic rings. The van der Waals surface area contributed by atoms with Crippen molar-refractivity contribution in [2.24, 2.45) is 0 Å². The first kappa shape index (κ1) is 17.5. The van der Waals surface area contributed by atoms with E-state index >= 15 is 0 Å². The van der Waals surface area contributed by atoms with Gasteiger partial charge < -0.3 is 9.72 Å². The molecule has 0 aliphatic rings. The van der Waals surface area contributed by atoms with Gasteiger partial charge >= 0.3 is 5.97 Å². The highest BCUT2D eigenvalue weighted by Crippen LogP contribution is 2.29. The Hall–Kier alpha value is -3.28. The average Bonchev–Trinajstić information content (AvgIpc) is 3.06. The molecule has 1 N–H and O–H groups in total. The molecular weight excluding hydrogens is 330 g/mol. The zero-order chi connectivity index (χ0) is 18.5. The summed E-state index contributed by atoms with van der Waals surface area (Å²) in [6, 6.07) is 7.57. The number of ketones is 1. The largest absolute Gasteiger partial charge is 0.462 e.